The lowest BCUT2D eigenvalue weighted by molar-refractivity contribution is 0.569. The summed E-state index contributed by atoms with van der Waals surface area (Å²) in [6.07, 6.45) is 35.2. The highest BCUT2D eigenvalue weighted by Gasteiger charge is 2.43. The van der Waals surface area contributed by atoms with Gasteiger partial charge in [0.05, 0.1) is 0 Å². The average Bonchev–Trinajstić information content (AvgIpc) is 3.15. The molecule has 0 nitrogen and oxygen atoms in total. The van der Waals surface area contributed by atoms with Gasteiger partial charge < -0.3 is 0 Å². The summed E-state index contributed by atoms with van der Waals surface area (Å²) in [6, 6.07) is 9.21. The molecular formula is C44H50. The van der Waals surface area contributed by atoms with E-state index in [2.05, 4.69) is 119 Å². The Kier molecular flexibility index (Phi) is 7.90. The van der Waals surface area contributed by atoms with Gasteiger partial charge in [0.15, 0.2) is 0 Å². The van der Waals surface area contributed by atoms with Gasteiger partial charge in [0.2, 0.25) is 0 Å². The van der Waals surface area contributed by atoms with Crippen molar-refractivity contribution in [2.75, 3.05) is 0 Å². The maximum Gasteiger partial charge on any atom is 0.0155 e. The van der Waals surface area contributed by atoms with Crippen molar-refractivity contribution in [1.82, 2.24) is 0 Å². The monoisotopic (exact) mass is 578 g/mol. The Morgan fingerprint density at radius 3 is 2.73 bits per heavy atom. The van der Waals surface area contributed by atoms with Gasteiger partial charge >= 0.3 is 0 Å². The zero-order valence-electron chi connectivity index (χ0n) is 27.5. The van der Waals surface area contributed by atoms with Crippen molar-refractivity contribution >= 4 is 5.57 Å². The van der Waals surface area contributed by atoms with Gasteiger partial charge in [0.1, 0.15) is 0 Å². The molecule has 0 heteroatoms. The maximum absolute atomic E-state index is 4.26. The summed E-state index contributed by atoms with van der Waals surface area (Å²) in [5.74, 6) is 1.96. The summed E-state index contributed by atoms with van der Waals surface area (Å²) in [6.45, 7) is 13.8. The molecule has 0 radical (unpaired) electrons. The molecule has 4 unspecified atom stereocenters. The standard InChI is InChI=1S/C44H50/c1-6-29(3)20-21-30(7-2)24-31-25-33-15-9-11-17-36-35-16-10-8-14-32(35)22-23-38(36)43(33)39-28-42-40(27-34(39)26-31)37-18-12-13-19-41(37)44(42,4)5/h7,10-13,16-19,21-23,26,28-29,34,36,38H,2,6,8-9,14-15,20,24-25,27H2,1,3-5H3. The highest BCUT2D eigenvalue weighted by molar-refractivity contribution is 5.85. The molecule has 0 amide bonds. The van der Waals surface area contributed by atoms with Crippen LogP contribution in [0.15, 0.2) is 136 Å². The second-order valence-corrected chi connectivity index (χ2v) is 14.7. The minimum absolute atomic E-state index is 0.0311. The summed E-state index contributed by atoms with van der Waals surface area (Å²) in [5, 5.41) is 0. The van der Waals surface area contributed by atoms with Gasteiger partial charge in [0.25, 0.3) is 0 Å². The van der Waals surface area contributed by atoms with Crippen LogP contribution in [0.4, 0.5) is 0 Å². The smallest absolute Gasteiger partial charge is 0.0155 e. The Labute approximate surface area is 266 Å². The molecule has 44 heavy (non-hydrogen) atoms. The SMILES string of the molecule is C=CC(=CCC(C)CC)CC1=CC2CC3=C(C=C2C2=C(CCC=CC4C5=C(C=CC24)CCC=C5)C1)C(C)(C)c1ccccc13. The quantitative estimate of drug-likeness (QED) is 0.233. The van der Waals surface area contributed by atoms with E-state index in [0.717, 1.165) is 38.5 Å². The van der Waals surface area contributed by atoms with Crippen LogP contribution >= 0.6 is 0 Å². The van der Waals surface area contributed by atoms with Crippen LogP contribution in [0.5, 0.6) is 0 Å². The van der Waals surface area contributed by atoms with Crippen LogP contribution in [-0.2, 0) is 5.41 Å². The lowest BCUT2D eigenvalue weighted by atomic mass is 9.66. The highest BCUT2D eigenvalue weighted by atomic mass is 14.5. The molecule has 0 saturated heterocycles. The molecule has 1 aromatic carbocycles. The van der Waals surface area contributed by atoms with Crippen LogP contribution in [0.2, 0.25) is 0 Å². The van der Waals surface area contributed by atoms with E-state index in [1.54, 1.807) is 44.6 Å². The minimum Gasteiger partial charge on any atom is -0.0988 e. The zero-order chi connectivity index (χ0) is 30.4. The van der Waals surface area contributed by atoms with Crippen molar-refractivity contribution in [3.63, 3.8) is 0 Å². The molecule has 6 aliphatic carbocycles. The number of allylic oxidation sites excluding steroid dienone is 19. The third-order valence-electron chi connectivity index (χ3n) is 11.6. The molecule has 0 aromatic heterocycles. The number of benzene rings is 1. The number of rotatable bonds is 6. The lowest BCUT2D eigenvalue weighted by Gasteiger charge is -2.38. The Bertz CT molecular complexity index is 1640. The maximum atomic E-state index is 4.26. The zero-order valence-corrected chi connectivity index (χ0v) is 27.5. The summed E-state index contributed by atoms with van der Waals surface area (Å²) < 4.78 is 0. The fourth-order valence-electron chi connectivity index (χ4n) is 8.90. The molecule has 0 aliphatic heterocycles. The van der Waals surface area contributed by atoms with E-state index >= 15 is 0 Å². The molecule has 7 rings (SSSR count). The van der Waals surface area contributed by atoms with Crippen molar-refractivity contribution in [2.45, 2.75) is 90.9 Å². The van der Waals surface area contributed by atoms with Crippen molar-refractivity contribution in [3.8, 4) is 0 Å². The predicted molar refractivity (Wildman–Crippen MR) is 189 cm³/mol. The van der Waals surface area contributed by atoms with Gasteiger partial charge in [-0.15, -0.1) is 0 Å². The predicted octanol–water partition coefficient (Wildman–Crippen LogP) is 12.0. The molecule has 4 atom stereocenters. The molecule has 226 valence electrons. The van der Waals surface area contributed by atoms with Gasteiger partial charge in [-0.1, -0.05) is 137 Å². The summed E-state index contributed by atoms with van der Waals surface area (Å²) in [4.78, 5) is 0. The molecule has 0 fully saturated rings. The van der Waals surface area contributed by atoms with Crippen LogP contribution in [0.1, 0.15) is 96.6 Å². The van der Waals surface area contributed by atoms with E-state index in [-0.39, 0.29) is 5.41 Å². The van der Waals surface area contributed by atoms with E-state index in [9.17, 15) is 0 Å². The molecule has 0 N–H and O–H groups in total. The number of hydrogen-bond acceptors (Lipinski definition) is 0. The molecular weight excluding hydrogens is 528 g/mol. The normalized spacial score (nSPS) is 27.5. The summed E-state index contributed by atoms with van der Waals surface area (Å²) in [7, 11) is 0. The third-order valence-corrected chi connectivity index (χ3v) is 11.6. The van der Waals surface area contributed by atoms with Crippen molar-refractivity contribution in [1.29, 1.82) is 0 Å². The molecule has 0 saturated carbocycles. The van der Waals surface area contributed by atoms with Gasteiger partial charge in [0, 0.05) is 23.2 Å². The van der Waals surface area contributed by atoms with Crippen LogP contribution < -0.4 is 0 Å². The fraction of sp³-hybridized carbons (Fsp3) is 0.409. The van der Waals surface area contributed by atoms with Gasteiger partial charge in [-0.05, 0) is 107 Å². The third kappa shape index (κ3) is 5.09. The van der Waals surface area contributed by atoms with Crippen LogP contribution in [0.3, 0.4) is 0 Å². The first-order chi connectivity index (χ1) is 21.4. The first-order valence-electron chi connectivity index (χ1n) is 17.4. The number of hydrogen-bond donors (Lipinski definition) is 0. The van der Waals surface area contributed by atoms with E-state index < -0.39 is 0 Å². The van der Waals surface area contributed by atoms with Crippen molar-refractivity contribution in [2.24, 2.45) is 23.7 Å². The van der Waals surface area contributed by atoms with E-state index in [1.807, 2.05) is 0 Å². The number of fused-ring (bicyclic) bond motifs is 7. The Morgan fingerprint density at radius 2 is 1.89 bits per heavy atom. The molecule has 0 bridgehead atoms. The molecule has 0 spiro atoms. The minimum atomic E-state index is 0.0311. The first-order valence-corrected chi connectivity index (χ1v) is 17.4. The lowest BCUT2D eigenvalue weighted by Crippen LogP contribution is -2.26. The van der Waals surface area contributed by atoms with Crippen LogP contribution in [-0.4, -0.2) is 0 Å². The van der Waals surface area contributed by atoms with Crippen molar-refractivity contribution < 1.29 is 0 Å². The first kappa shape index (κ1) is 29.3. The Morgan fingerprint density at radius 1 is 1.05 bits per heavy atom. The highest BCUT2D eigenvalue weighted by Crippen LogP contribution is 2.56. The second kappa shape index (κ2) is 11.8. The topological polar surface area (TPSA) is 0 Å². The average molecular weight is 579 g/mol. The fourth-order valence-corrected chi connectivity index (χ4v) is 8.90. The Hall–Kier alpha value is -3.38. The Balaban J connectivity index is 1.37. The second-order valence-electron chi connectivity index (χ2n) is 14.7. The molecule has 0 heterocycles. The van der Waals surface area contributed by atoms with Gasteiger partial charge in [-0.3, -0.25) is 0 Å². The van der Waals surface area contributed by atoms with Gasteiger partial charge in [-0.2, -0.15) is 0 Å². The van der Waals surface area contributed by atoms with Gasteiger partial charge in [-0.25, -0.2) is 0 Å². The van der Waals surface area contributed by atoms with E-state index in [0.29, 0.717) is 23.7 Å². The van der Waals surface area contributed by atoms with Crippen LogP contribution in [0.25, 0.3) is 5.57 Å². The summed E-state index contributed by atoms with van der Waals surface area (Å²) >= 11 is 0. The largest absolute Gasteiger partial charge is 0.0988 e. The van der Waals surface area contributed by atoms with Crippen LogP contribution in [0, 0.1) is 23.7 Å². The summed E-state index contributed by atoms with van der Waals surface area (Å²) in [5.41, 5.74) is 17.2. The van der Waals surface area contributed by atoms with Crippen molar-refractivity contribution in [3.05, 3.63) is 147 Å². The molecule has 1 aromatic rings. The van der Waals surface area contributed by atoms with E-state index in [1.165, 1.54) is 36.0 Å². The molecule has 6 aliphatic rings. The van der Waals surface area contributed by atoms with E-state index in [4.69, 9.17) is 0 Å².